The van der Waals surface area contributed by atoms with E-state index in [-0.39, 0.29) is 25.7 Å². The zero-order valence-electron chi connectivity index (χ0n) is 58.6. The summed E-state index contributed by atoms with van der Waals surface area (Å²) >= 11 is 0. The second kappa shape index (κ2) is 63.6. The number of allylic oxidation sites excluding steroid dienone is 4. The molecule has 2 unspecified atom stereocenters. The summed E-state index contributed by atoms with van der Waals surface area (Å²) < 4.78 is 68.3. The molecule has 0 aliphatic rings. The van der Waals surface area contributed by atoms with Gasteiger partial charge in [0.15, 0.2) is 12.2 Å². The molecule has 0 aromatic carbocycles. The van der Waals surface area contributed by atoms with E-state index in [1.807, 2.05) is 0 Å². The Kier molecular flexibility index (Phi) is 61.9. The van der Waals surface area contributed by atoms with Gasteiger partial charge in [-0.3, -0.25) is 37.3 Å². The van der Waals surface area contributed by atoms with Gasteiger partial charge in [-0.05, 0) is 63.2 Å². The van der Waals surface area contributed by atoms with Crippen LogP contribution in [0.1, 0.15) is 343 Å². The molecule has 0 spiro atoms. The van der Waals surface area contributed by atoms with Gasteiger partial charge in [0, 0.05) is 25.7 Å². The molecule has 0 aliphatic carbocycles. The second-order valence-corrected chi connectivity index (χ2v) is 29.2. The van der Waals surface area contributed by atoms with Crippen molar-refractivity contribution in [3.63, 3.8) is 0 Å². The number of carbonyl (C=O) groups excluding carboxylic acids is 4. The highest BCUT2D eigenvalue weighted by Gasteiger charge is 2.30. The molecule has 0 aromatic heterocycles. The van der Waals surface area contributed by atoms with Crippen LogP contribution < -0.4 is 0 Å². The predicted octanol–water partition coefficient (Wildman–Crippen LogP) is 20.3. The number of hydrogen-bond acceptors (Lipinski definition) is 15. The number of esters is 4. The molecule has 0 aromatic rings. The van der Waals surface area contributed by atoms with Crippen LogP contribution >= 0.6 is 15.6 Å². The van der Waals surface area contributed by atoms with Gasteiger partial charge in [0.1, 0.15) is 19.3 Å². The third-order valence-corrected chi connectivity index (χ3v) is 18.0. The molecule has 3 N–H and O–H groups in total. The molecule has 0 fully saturated rings. The first kappa shape index (κ1) is 88.5. The lowest BCUT2D eigenvalue weighted by atomic mass is 10.0. The molecule has 0 saturated heterocycles. The molecule has 19 heteroatoms. The first-order valence-corrected chi connectivity index (χ1v) is 39.8. The van der Waals surface area contributed by atoms with Crippen molar-refractivity contribution in [1.29, 1.82) is 0 Å². The normalized spacial score (nSPS) is 14.3. The number of hydrogen-bond donors (Lipinski definition) is 3. The maximum atomic E-state index is 13.0. The third kappa shape index (κ3) is 66.0. The van der Waals surface area contributed by atoms with E-state index in [2.05, 4.69) is 65.8 Å². The monoisotopic (exact) mass is 1330 g/mol. The molecular formula is C72H136O17P2. The molecule has 5 atom stereocenters. The lowest BCUT2D eigenvalue weighted by Gasteiger charge is -2.21. The minimum atomic E-state index is -4.96. The molecular weight excluding hydrogens is 1200 g/mol. The number of carbonyl (C=O) groups is 4. The van der Waals surface area contributed by atoms with Gasteiger partial charge in [-0.15, -0.1) is 0 Å². The highest BCUT2D eigenvalue weighted by molar-refractivity contribution is 7.47. The maximum Gasteiger partial charge on any atom is 0.472 e. The first-order chi connectivity index (χ1) is 43.9. The van der Waals surface area contributed by atoms with Gasteiger partial charge >= 0.3 is 39.5 Å². The van der Waals surface area contributed by atoms with Crippen LogP contribution in [-0.2, 0) is 65.4 Å². The lowest BCUT2D eigenvalue weighted by Crippen LogP contribution is -2.30. The Balaban J connectivity index is 5.28. The van der Waals surface area contributed by atoms with Crippen LogP contribution in [0, 0.1) is 11.8 Å². The number of ether oxygens (including phenoxy) is 4. The highest BCUT2D eigenvalue weighted by atomic mass is 31.2. The Morgan fingerprint density at radius 3 is 0.901 bits per heavy atom. The zero-order chi connectivity index (χ0) is 67.2. The van der Waals surface area contributed by atoms with E-state index in [1.54, 1.807) is 0 Å². The first-order valence-electron chi connectivity index (χ1n) is 36.8. The summed E-state index contributed by atoms with van der Waals surface area (Å²) in [5.74, 6) is -0.726. The lowest BCUT2D eigenvalue weighted by molar-refractivity contribution is -0.161. The van der Waals surface area contributed by atoms with Gasteiger partial charge in [-0.2, -0.15) is 0 Å². The Bertz CT molecular complexity index is 1860. The Morgan fingerprint density at radius 1 is 0.341 bits per heavy atom. The fraction of sp³-hybridized carbons (Fsp3) is 0.889. The summed E-state index contributed by atoms with van der Waals surface area (Å²) in [4.78, 5) is 72.6. The second-order valence-electron chi connectivity index (χ2n) is 26.2. The summed E-state index contributed by atoms with van der Waals surface area (Å²) in [6.07, 6.45) is 52.2. The molecule has 0 aliphatic heterocycles. The molecule has 0 heterocycles. The summed E-state index contributed by atoms with van der Waals surface area (Å²) in [5.41, 5.74) is 0. The van der Waals surface area contributed by atoms with Crippen LogP contribution in [0.25, 0.3) is 0 Å². The van der Waals surface area contributed by atoms with E-state index in [0.29, 0.717) is 31.6 Å². The molecule has 536 valence electrons. The smallest absolute Gasteiger partial charge is 0.462 e. The maximum absolute atomic E-state index is 13.0. The molecule has 0 saturated carbocycles. The Morgan fingerprint density at radius 2 is 0.593 bits per heavy atom. The van der Waals surface area contributed by atoms with Gasteiger partial charge in [-0.25, -0.2) is 9.13 Å². The van der Waals surface area contributed by atoms with E-state index in [0.717, 1.165) is 115 Å². The fourth-order valence-corrected chi connectivity index (χ4v) is 12.0. The predicted molar refractivity (Wildman–Crippen MR) is 367 cm³/mol. The number of aliphatic hydroxyl groups is 1. The van der Waals surface area contributed by atoms with Crippen LogP contribution in [0.3, 0.4) is 0 Å². The number of aliphatic hydroxyl groups excluding tert-OH is 1. The topological polar surface area (TPSA) is 237 Å². The standard InChI is InChI=1S/C72H136O17P2/c1-7-9-11-13-15-17-19-21-23-25-27-32-36-44-50-56-71(76)88-67(60-82-69(74)54-48-42-35-31-26-24-22-20-18-16-14-12-10-8-2)62-86-90(78,79)84-58-66(73)59-85-91(80,81)87-63-68(61-83-70(75)55-49-43-39-38-41-47-53-65(5)6)89-72(77)57-51-45-37-33-29-28-30-34-40-46-52-64(3)4/h17,19,21,23,64-68,73H,7-16,18,20,22,24-63H2,1-6H3,(H,78,79)(H,80,81)/b19-17-,23-21-/t66-,67-,68-/m1/s1. The summed E-state index contributed by atoms with van der Waals surface area (Å²) in [6, 6.07) is 0. The largest absolute Gasteiger partial charge is 0.472 e. The average molecular weight is 1340 g/mol. The van der Waals surface area contributed by atoms with Crippen molar-refractivity contribution >= 4 is 39.5 Å². The van der Waals surface area contributed by atoms with Gasteiger partial charge in [-0.1, -0.05) is 291 Å². The van der Waals surface area contributed by atoms with E-state index in [9.17, 15) is 43.2 Å². The van der Waals surface area contributed by atoms with Crippen molar-refractivity contribution in [2.75, 3.05) is 39.6 Å². The van der Waals surface area contributed by atoms with Crippen molar-refractivity contribution in [1.82, 2.24) is 0 Å². The molecule has 0 radical (unpaired) electrons. The van der Waals surface area contributed by atoms with Gasteiger partial charge in [0.25, 0.3) is 0 Å². The van der Waals surface area contributed by atoms with E-state index in [1.165, 1.54) is 141 Å². The van der Waals surface area contributed by atoms with E-state index >= 15 is 0 Å². The van der Waals surface area contributed by atoms with Gasteiger partial charge in [0.05, 0.1) is 26.4 Å². The quantitative estimate of drug-likeness (QED) is 0.0169. The highest BCUT2D eigenvalue weighted by Crippen LogP contribution is 2.45. The molecule has 91 heavy (non-hydrogen) atoms. The minimum Gasteiger partial charge on any atom is -0.462 e. The van der Waals surface area contributed by atoms with Gasteiger partial charge < -0.3 is 33.8 Å². The number of phosphoric acid groups is 2. The van der Waals surface area contributed by atoms with Crippen LogP contribution in [-0.4, -0.2) is 96.7 Å². The van der Waals surface area contributed by atoms with Crippen molar-refractivity contribution in [3.05, 3.63) is 24.3 Å². The van der Waals surface area contributed by atoms with E-state index < -0.39 is 97.5 Å². The van der Waals surface area contributed by atoms with Crippen molar-refractivity contribution in [2.45, 2.75) is 362 Å². The molecule has 0 rings (SSSR count). The Hall–Kier alpha value is -2.46. The average Bonchev–Trinajstić information content (AvgIpc) is 3.34. The third-order valence-electron chi connectivity index (χ3n) is 16.1. The van der Waals surface area contributed by atoms with Crippen molar-refractivity contribution in [3.8, 4) is 0 Å². The number of rotatable bonds is 69. The fourth-order valence-electron chi connectivity index (χ4n) is 10.4. The summed E-state index contributed by atoms with van der Waals surface area (Å²) in [5, 5.41) is 10.6. The van der Waals surface area contributed by atoms with Crippen LogP contribution in [0.5, 0.6) is 0 Å². The summed E-state index contributed by atoms with van der Waals surface area (Å²) in [6.45, 7) is 9.40. The molecule has 17 nitrogen and oxygen atoms in total. The minimum absolute atomic E-state index is 0.0851. The zero-order valence-corrected chi connectivity index (χ0v) is 60.4. The summed E-state index contributed by atoms with van der Waals surface area (Å²) in [7, 11) is -9.92. The van der Waals surface area contributed by atoms with Gasteiger partial charge in [0.2, 0.25) is 0 Å². The molecule has 0 bridgehead atoms. The van der Waals surface area contributed by atoms with E-state index in [4.69, 9.17) is 37.0 Å². The number of phosphoric ester groups is 2. The SMILES string of the molecule is CCCCCC/C=C\C=C/CCCCCCCC(=O)O[C@H](COC(=O)CCCCCCCCCCCCCCCC)COP(=O)(O)OC[C@@H](O)COP(=O)(O)OC[C@@H](COC(=O)CCCCCCCCC(C)C)OC(=O)CCCCCCCCCCCCC(C)C. The Labute approximate surface area is 554 Å². The van der Waals surface area contributed by atoms with Crippen molar-refractivity contribution < 1.29 is 80.2 Å². The molecule has 0 amide bonds. The number of unbranched alkanes of at least 4 members (excludes halogenated alkanes) is 36. The van der Waals surface area contributed by atoms with Crippen LogP contribution in [0.4, 0.5) is 0 Å². The van der Waals surface area contributed by atoms with Crippen molar-refractivity contribution in [2.24, 2.45) is 11.8 Å². The van der Waals surface area contributed by atoms with Crippen LogP contribution in [0.2, 0.25) is 0 Å². The van der Waals surface area contributed by atoms with Crippen LogP contribution in [0.15, 0.2) is 24.3 Å².